The smallest absolute Gasteiger partial charge is 0.326 e. The number of guanidine groups is 1. The number of nitrogens with two attached hydrogens (primary N) is 3. The molecule has 196 valence electrons. The minimum atomic E-state index is -1.15. The molecule has 0 aliphatic carbocycles. The molecule has 0 spiro atoms. The Bertz CT molecular complexity index is 716. The molecule has 0 rings (SSSR count). The average Bonchev–Trinajstić information content (AvgIpc) is 2.76. The van der Waals surface area contributed by atoms with Crippen molar-refractivity contribution < 1.29 is 24.3 Å². The molecular formula is C21H41N7O5S. The van der Waals surface area contributed by atoms with Gasteiger partial charge >= 0.3 is 5.97 Å². The van der Waals surface area contributed by atoms with Crippen LogP contribution in [0.4, 0.5) is 0 Å². The van der Waals surface area contributed by atoms with E-state index in [4.69, 9.17) is 17.2 Å². The second kappa shape index (κ2) is 16.1. The number of aliphatic imine (C=N–C) groups is 1. The second-order valence-corrected chi connectivity index (χ2v) is 9.06. The molecule has 34 heavy (non-hydrogen) atoms. The number of hydrogen-bond acceptors (Lipinski definition) is 7. The van der Waals surface area contributed by atoms with Gasteiger partial charge in [-0.1, -0.05) is 34.1 Å². The van der Waals surface area contributed by atoms with Crippen LogP contribution in [0.1, 0.15) is 53.4 Å². The first-order chi connectivity index (χ1) is 15.8. The van der Waals surface area contributed by atoms with Gasteiger partial charge in [0.1, 0.15) is 18.1 Å². The van der Waals surface area contributed by atoms with Gasteiger partial charge in [0.25, 0.3) is 0 Å². The van der Waals surface area contributed by atoms with Crippen molar-refractivity contribution in [3.8, 4) is 0 Å². The largest absolute Gasteiger partial charge is 0.480 e. The maximum absolute atomic E-state index is 12.8. The van der Waals surface area contributed by atoms with Crippen LogP contribution in [0.25, 0.3) is 0 Å². The number of carbonyl (C=O) groups excluding carboxylic acids is 3. The Labute approximate surface area is 206 Å². The Morgan fingerprint density at radius 1 is 0.971 bits per heavy atom. The third kappa shape index (κ3) is 12.1. The number of thiol groups is 1. The van der Waals surface area contributed by atoms with Crippen LogP contribution in [0, 0.1) is 11.8 Å². The summed E-state index contributed by atoms with van der Waals surface area (Å²) in [4.78, 5) is 53.4. The third-order valence-corrected chi connectivity index (χ3v) is 5.60. The minimum absolute atomic E-state index is 0.0288. The molecule has 0 saturated carbocycles. The lowest BCUT2D eigenvalue weighted by atomic mass is 9.97. The summed E-state index contributed by atoms with van der Waals surface area (Å²) in [5.74, 6) is -3.26. The molecule has 13 heteroatoms. The van der Waals surface area contributed by atoms with Gasteiger partial charge in [-0.25, -0.2) is 4.79 Å². The van der Waals surface area contributed by atoms with Crippen LogP contribution in [0.3, 0.4) is 0 Å². The van der Waals surface area contributed by atoms with E-state index in [1.165, 1.54) is 0 Å². The van der Waals surface area contributed by atoms with Crippen molar-refractivity contribution in [3.63, 3.8) is 0 Å². The molecule has 0 aliphatic rings. The van der Waals surface area contributed by atoms with Crippen molar-refractivity contribution >= 4 is 42.3 Å². The van der Waals surface area contributed by atoms with Crippen LogP contribution < -0.4 is 33.2 Å². The van der Waals surface area contributed by atoms with E-state index in [9.17, 15) is 24.3 Å². The number of carboxylic acids is 1. The summed E-state index contributed by atoms with van der Waals surface area (Å²) in [7, 11) is 0. The molecule has 5 atom stereocenters. The molecule has 0 fully saturated rings. The first kappa shape index (κ1) is 31.5. The van der Waals surface area contributed by atoms with E-state index < -0.39 is 47.9 Å². The van der Waals surface area contributed by atoms with Crippen molar-refractivity contribution in [2.75, 3.05) is 12.3 Å². The monoisotopic (exact) mass is 503 g/mol. The lowest BCUT2D eigenvalue weighted by Crippen LogP contribution is -2.58. The van der Waals surface area contributed by atoms with Gasteiger partial charge in [-0.05, 0) is 31.1 Å². The Kier molecular flexibility index (Phi) is 14.9. The van der Waals surface area contributed by atoms with E-state index >= 15 is 0 Å². The fourth-order valence-electron chi connectivity index (χ4n) is 3.04. The maximum atomic E-state index is 12.8. The van der Waals surface area contributed by atoms with Crippen LogP contribution >= 0.6 is 12.6 Å². The van der Waals surface area contributed by atoms with Gasteiger partial charge in [-0.3, -0.25) is 19.4 Å². The van der Waals surface area contributed by atoms with Crippen molar-refractivity contribution in [1.82, 2.24) is 16.0 Å². The fraction of sp³-hybridized carbons (Fsp3) is 0.762. The number of hydrogen-bond donors (Lipinski definition) is 8. The molecule has 0 aliphatic heterocycles. The van der Waals surface area contributed by atoms with Gasteiger partial charge in [0.15, 0.2) is 5.96 Å². The number of carbonyl (C=O) groups is 4. The molecule has 3 amide bonds. The molecule has 0 aromatic rings. The highest BCUT2D eigenvalue weighted by molar-refractivity contribution is 7.80. The Hall–Kier alpha value is -2.54. The summed E-state index contributed by atoms with van der Waals surface area (Å²) in [5, 5.41) is 17.1. The fourth-order valence-corrected chi connectivity index (χ4v) is 3.29. The molecule has 0 aromatic carbocycles. The van der Waals surface area contributed by atoms with Gasteiger partial charge in [0, 0.05) is 12.3 Å². The van der Waals surface area contributed by atoms with Crippen LogP contribution in [-0.4, -0.2) is 71.2 Å². The summed E-state index contributed by atoms with van der Waals surface area (Å²) >= 11 is 4.13. The number of amides is 3. The summed E-state index contributed by atoms with van der Waals surface area (Å²) in [5.41, 5.74) is 16.4. The van der Waals surface area contributed by atoms with E-state index in [1.807, 2.05) is 20.8 Å². The SMILES string of the molecule is CCC(C)C(NC(=O)C(CC(C)C)NC(=O)C(CS)NC(=O)C(N)CCCN=C(N)N)C(=O)O. The van der Waals surface area contributed by atoms with E-state index in [-0.39, 0.29) is 30.0 Å². The van der Waals surface area contributed by atoms with Crippen molar-refractivity contribution in [3.05, 3.63) is 0 Å². The highest BCUT2D eigenvalue weighted by atomic mass is 32.1. The quantitative estimate of drug-likeness (QED) is 0.0560. The lowest BCUT2D eigenvalue weighted by molar-refractivity contribution is -0.144. The first-order valence-electron chi connectivity index (χ1n) is 11.4. The zero-order valence-electron chi connectivity index (χ0n) is 20.4. The topological polar surface area (TPSA) is 215 Å². The van der Waals surface area contributed by atoms with E-state index in [0.717, 1.165) is 0 Å². The molecule has 0 heterocycles. The molecular weight excluding hydrogens is 462 g/mol. The predicted molar refractivity (Wildman–Crippen MR) is 134 cm³/mol. The predicted octanol–water partition coefficient (Wildman–Crippen LogP) is -1.07. The zero-order valence-corrected chi connectivity index (χ0v) is 21.3. The van der Waals surface area contributed by atoms with Crippen LogP contribution in [-0.2, 0) is 19.2 Å². The molecule has 0 bridgehead atoms. The molecule has 0 aromatic heterocycles. The number of aliphatic carboxylic acids is 1. The number of nitrogens with one attached hydrogen (secondary N) is 3. The molecule has 0 saturated heterocycles. The summed E-state index contributed by atoms with van der Waals surface area (Å²) in [6.07, 6.45) is 1.61. The maximum Gasteiger partial charge on any atom is 0.326 e. The molecule has 0 radical (unpaired) electrons. The Morgan fingerprint density at radius 2 is 1.53 bits per heavy atom. The van der Waals surface area contributed by atoms with Crippen LogP contribution in [0.2, 0.25) is 0 Å². The van der Waals surface area contributed by atoms with Crippen molar-refractivity contribution in [2.24, 2.45) is 34.0 Å². The standard InChI is InChI=1S/C21H41N7O5S/c1-5-12(4)16(20(32)33)28-18(30)14(9-11(2)3)26-19(31)15(10-34)27-17(29)13(22)7-6-8-25-21(23)24/h11-16,34H,5-10,22H2,1-4H3,(H,26,31)(H,27,29)(H,28,30)(H,32,33)(H4,23,24,25). The Morgan fingerprint density at radius 3 is 2.00 bits per heavy atom. The van der Waals surface area contributed by atoms with Crippen molar-refractivity contribution in [1.29, 1.82) is 0 Å². The van der Waals surface area contributed by atoms with Gasteiger partial charge in [0.2, 0.25) is 17.7 Å². The normalized spacial score (nSPS) is 15.4. The van der Waals surface area contributed by atoms with E-state index in [0.29, 0.717) is 25.8 Å². The third-order valence-electron chi connectivity index (χ3n) is 5.24. The summed E-state index contributed by atoms with van der Waals surface area (Å²) in [6, 6.07) is -3.98. The summed E-state index contributed by atoms with van der Waals surface area (Å²) < 4.78 is 0. The van der Waals surface area contributed by atoms with E-state index in [1.54, 1.807) is 6.92 Å². The highest BCUT2D eigenvalue weighted by Crippen LogP contribution is 2.11. The lowest BCUT2D eigenvalue weighted by Gasteiger charge is -2.27. The molecule has 5 unspecified atom stereocenters. The van der Waals surface area contributed by atoms with Gasteiger partial charge in [-0.2, -0.15) is 12.6 Å². The summed E-state index contributed by atoms with van der Waals surface area (Å²) in [6.45, 7) is 7.61. The minimum Gasteiger partial charge on any atom is -0.480 e. The van der Waals surface area contributed by atoms with Crippen molar-refractivity contribution in [2.45, 2.75) is 77.5 Å². The number of carboxylic acid groups (broad SMARTS) is 1. The average molecular weight is 504 g/mol. The molecule has 12 nitrogen and oxygen atoms in total. The Balaban J connectivity index is 5.18. The second-order valence-electron chi connectivity index (χ2n) is 8.70. The first-order valence-corrected chi connectivity index (χ1v) is 12.0. The number of nitrogens with zero attached hydrogens (tertiary/aromatic N) is 1. The van der Waals surface area contributed by atoms with Crippen LogP contribution in [0.5, 0.6) is 0 Å². The van der Waals surface area contributed by atoms with Gasteiger partial charge in [0.05, 0.1) is 6.04 Å². The molecule has 10 N–H and O–H groups in total. The van der Waals surface area contributed by atoms with Gasteiger partial charge < -0.3 is 38.3 Å². The zero-order chi connectivity index (χ0) is 26.4. The number of rotatable bonds is 16. The van der Waals surface area contributed by atoms with Gasteiger partial charge in [-0.15, -0.1) is 0 Å². The highest BCUT2D eigenvalue weighted by Gasteiger charge is 2.31. The van der Waals surface area contributed by atoms with Crippen LogP contribution in [0.15, 0.2) is 4.99 Å². The van der Waals surface area contributed by atoms with E-state index in [2.05, 4.69) is 33.6 Å².